The van der Waals surface area contributed by atoms with Gasteiger partial charge in [-0.05, 0) is 11.1 Å². The van der Waals surface area contributed by atoms with E-state index in [1.165, 1.54) is 0 Å². The van der Waals surface area contributed by atoms with Crippen molar-refractivity contribution in [2.75, 3.05) is 20.2 Å². The predicted molar refractivity (Wildman–Crippen MR) is 63.9 cm³/mol. The highest BCUT2D eigenvalue weighted by Gasteiger charge is 2.33. The first-order valence-electron chi connectivity index (χ1n) is 5.73. The Morgan fingerprint density at radius 2 is 2.12 bits per heavy atom. The lowest BCUT2D eigenvalue weighted by Crippen LogP contribution is -2.20. The van der Waals surface area contributed by atoms with E-state index in [4.69, 9.17) is 9.84 Å². The first kappa shape index (κ1) is 12.1. The fourth-order valence-corrected chi connectivity index (χ4v) is 2.32. The molecule has 1 heterocycles. The topological polar surface area (TPSA) is 58.6 Å². The van der Waals surface area contributed by atoms with Crippen LogP contribution in [0.1, 0.15) is 17.0 Å². The third-order valence-electron chi connectivity index (χ3n) is 3.25. The highest BCUT2D eigenvalue weighted by molar-refractivity contribution is 5.72. The Hall–Kier alpha value is -1.39. The average molecular weight is 235 g/mol. The molecule has 17 heavy (non-hydrogen) atoms. The van der Waals surface area contributed by atoms with Gasteiger partial charge in [-0.15, -0.1) is 0 Å². The molecular weight excluding hydrogens is 218 g/mol. The van der Waals surface area contributed by atoms with Crippen molar-refractivity contribution in [3.63, 3.8) is 0 Å². The van der Waals surface area contributed by atoms with Gasteiger partial charge in [0.2, 0.25) is 0 Å². The van der Waals surface area contributed by atoms with E-state index in [1.807, 2.05) is 24.3 Å². The summed E-state index contributed by atoms with van der Waals surface area (Å²) in [7, 11) is 1.66. The number of hydrogen-bond acceptors (Lipinski definition) is 3. The molecule has 0 saturated carbocycles. The third-order valence-corrected chi connectivity index (χ3v) is 3.25. The van der Waals surface area contributed by atoms with Crippen molar-refractivity contribution in [1.82, 2.24) is 5.32 Å². The maximum atomic E-state index is 11.1. The second kappa shape index (κ2) is 5.29. The van der Waals surface area contributed by atoms with Crippen LogP contribution in [-0.4, -0.2) is 31.3 Å². The van der Waals surface area contributed by atoms with E-state index in [9.17, 15) is 4.79 Å². The fraction of sp³-hybridized carbons (Fsp3) is 0.462. The predicted octanol–water partition coefficient (Wildman–Crippen LogP) is 1.22. The van der Waals surface area contributed by atoms with E-state index in [0.29, 0.717) is 13.2 Å². The third kappa shape index (κ3) is 2.65. The minimum absolute atomic E-state index is 0.0732. The Morgan fingerprint density at radius 1 is 1.41 bits per heavy atom. The van der Waals surface area contributed by atoms with Crippen LogP contribution in [0.15, 0.2) is 24.3 Å². The lowest BCUT2D eigenvalue weighted by atomic mass is 9.88. The van der Waals surface area contributed by atoms with Gasteiger partial charge in [0.15, 0.2) is 0 Å². The van der Waals surface area contributed by atoms with Crippen molar-refractivity contribution < 1.29 is 14.6 Å². The van der Waals surface area contributed by atoms with E-state index in [0.717, 1.165) is 17.7 Å². The van der Waals surface area contributed by atoms with Crippen molar-refractivity contribution in [2.24, 2.45) is 5.92 Å². The highest BCUT2D eigenvalue weighted by Crippen LogP contribution is 2.28. The normalized spacial score (nSPS) is 23.8. The average Bonchev–Trinajstić information content (AvgIpc) is 2.79. The van der Waals surface area contributed by atoms with E-state index >= 15 is 0 Å². The first-order valence-corrected chi connectivity index (χ1v) is 5.73. The fourth-order valence-electron chi connectivity index (χ4n) is 2.32. The Balaban J connectivity index is 2.13. The first-order chi connectivity index (χ1) is 8.22. The van der Waals surface area contributed by atoms with E-state index in [2.05, 4.69) is 5.32 Å². The van der Waals surface area contributed by atoms with Crippen LogP contribution < -0.4 is 5.32 Å². The molecule has 2 atom stereocenters. The Labute approximate surface area is 101 Å². The Bertz CT molecular complexity index is 388. The van der Waals surface area contributed by atoms with Crippen molar-refractivity contribution in [3.05, 3.63) is 35.4 Å². The monoisotopic (exact) mass is 235 g/mol. The molecule has 4 nitrogen and oxygen atoms in total. The van der Waals surface area contributed by atoms with Crippen LogP contribution in [0.5, 0.6) is 0 Å². The number of carbonyl (C=O) groups is 1. The molecule has 1 aromatic rings. The summed E-state index contributed by atoms with van der Waals surface area (Å²) in [5.74, 6) is -0.965. The van der Waals surface area contributed by atoms with Gasteiger partial charge in [0, 0.05) is 26.1 Å². The molecule has 2 rings (SSSR count). The lowest BCUT2D eigenvalue weighted by molar-refractivity contribution is -0.141. The van der Waals surface area contributed by atoms with Gasteiger partial charge in [0.25, 0.3) is 0 Å². The molecule has 1 saturated heterocycles. The molecule has 0 radical (unpaired) electrons. The summed E-state index contributed by atoms with van der Waals surface area (Å²) in [6.07, 6.45) is 0. The molecule has 4 heteroatoms. The number of benzene rings is 1. The van der Waals surface area contributed by atoms with Crippen molar-refractivity contribution >= 4 is 5.97 Å². The van der Waals surface area contributed by atoms with Crippen LogP contribution in [0.2, 0.25) is 0 Å². The number of hydrogen-bond donors (Lipinski definition) is 2. The maximum absolute atomic E-state index is 11.1. The van der Waals surface area contributed by atoms with Crippen molar-refractivity contribution in [1.29, 1.82) is 0 Å². The summed E-state index contributed by atoms with van der Waals surface area (Å²) >= 11 is 0. The molecule has 1 fully saturated rings. The molecule has 0 unspecified atom stereocenters. The molecule has 1 aliphatic heterocycles. The summed E-state index contributed by atoms with van der Waals surface area (Å²) in [4.78, 5) is 11.1. The zero-order chi connectivity index (χ0) is 12.3. The quantitative estimate of drug-likeness (QED) is 0.824. The van der Waals surface area contributed by atoms with Crippen molar-refractivity contribution in [3.8, 4) is 0 Å². The Kier molecular flexibility index (Phi) is 3.76. The summed E-state index contributed by atoms with van der Waals surface area (Å²) in [6.45, 7) is 1.88. The summed E-state index contributed by atoms with van der Waals surface area (Å²) in [6, 6.07) is 8.00. The van der Waals surface area contributed by atoms with Crippen LogP contribution >= 0.6 is 0 Å². The van der Waals surface area contributed by atoms with E-state index in [-0.39, 0.29) is 11.8 Å². The SMILES string of the molecule is COCc1ccc([C@@H]2CNC[C@@H]2C(=O)O)cc1. The van der Waals surface area contributed by atoms with Crippen LogP contribution in [0.3, 0.4) is 0 Å². The maximum Gasteiger partial charge on any atom is 0.308 e. The minimum Gasteiger partial charge on any atom is -0.481 e. The minimum atomic E-state index is -0.721. The molecule has 0 aromatic heterocycles. The van der Waals surface area contributed by atoms with Gasteiger partial charge in [-0.1, -0.05) is 24.3 Å². The molecule has 0 aliphatic carbocycles. The summed E-state index contributed by atoms with van der Waals surface area (Å²) in [5, 5.41) is 12.3. The van der Waals surface area contributed by atoms with Crippen LogP contribution in [-0.2, 0) is 16.1 Å². The second-order valence-electron chi connectivity index (χ2n) is 4.38. The summed E-state index contributed by atoms with van der Waals surface area (Å²) < 4.78 is 5.05. The zero-order valence-electron chi connectivity index (χ0n) is 9.85. The number of aliphatic carboxylic acids is 1. The van der Waals surface area contributed by atoms with Gasteiger partial charge >= 0.3 is 5.97 Å². The molecule has 0 amide bonds. The molecule has 1 aromatic carbocycles. The largest absolute Gasteiger partial charge is 0.481 e. The highest BCUT2D eigenvalue weighted by atomic mass is 16.5. The number of nitrogens with one attached hydrogen (secondary N) is 1. The number of rotatable bonds is 4. The number of carboxylic acid groups (broad SMARTS) is 1. The molecule has 1 aliphatic rings. The van der Waals surface area contributed by atoms with Crippen LogP contribution in [0, 0.1) is 5.92 Å². The molecule has 92 valence electrons. The van der Waals surface area contributed by atoms with Crippen LogP contribution in [0.4, 0.5) is 0 Å². The smallest absolute Gasteiger partial charge is 0.308 e. The van der Waals surface area contributed by atoms with E-state index in [1.54, 1.807) is 7.11 Å². The summed E-state index contributed by atoms with van der Waals surface area (Å²) in [5.41, 5.74) is 2.19. The van der Waals surface area contributed by atoms with Gasteiger partial charge in [0.1, 0.15) is 0 Å². The van der Waals surface area contributed by atoms with Gasteiger partial charge in [0.05, 0.1) is 12.5 Å². The number of carboxylic acids is 1. The number of methoxy groups -OCH3 is 1. The molecular formula is C13H17NO3. The molecule has 0 spiro atoms. The van der Waals surface area contributed by atoms with Crippen LogP contribution in [0.25, 0.3) is 0 Å². The zero-order valence-corrected chi connectivity index (χ0v) is 9.85. The van der Waals surface area contributed by atoms with E-state index < -0.39 is 5.97 Å². The lowest BCUT2D eigenvalue weighted by Gasteiger charge is -2.15. The molecule has 0 bridgehead atoms. The Morgan fingerprint density at radius 3 is 2.71 bits per heavy atom. The van der Waals surface area contributed by atoms with Gasteiger partial charge in [-0.3, -0.25) is 4.79 Å². The van der Waals surface area contributed by atoms with Gasteiger partial charge in [-0.2, -0.15) is 0 Å². The van der Waals surface area contributed by atoms with Gasteiger partial charge in [-0.25, -0.2) is 0 Å². The van der Waals surface area contributed by atoms with Crippen molar-refractivity contribution in [2.45, 2.75) is 12.5 Å². The van der Waals surface area contributed by atoms with Gasteiger partial charge < -0.3 is 15.2 Å². The number of ether oxygens (including phenoxy) is 1. The second-order valence-corrected chi connectivity index (χ2v) is 4.38. The molecule has 2 N–H and O–H groups in total. The standard InChI is InChI=1S/C13H17NO3/c1-17-8-9-2-4-10(5-3-9)11-6-14-7-12(11)13(15)16/h2-5,11-12,14H,6-8H2,1H3,(H,15,16)/t11-,12-/m0/s1.